The predicted octanol–water partition coefficient (Wildman–Crippen LogP) is 1.80. The lowest BCUT2D eigenvalue weighted by Crippen LogP contribution is -2.18. The minimum atomic E-state index is -0.227. The summed E-state index contributed by atoms with van der Waals surface area (Å²) >= 11 is 0. The van der Waals surface area contributed by atoms with Crippen LogP contribution in [0.5, 0.6) is 0 Å². The molecule has 0 radical (unpaired) electrons. The van der Waals surface area contributed by atoms with Gasteiger partial charge in [0.05, 0.1) is 12.7 Å². The van der Waals surface area contributed by atoms with E-state index in [2.05, 4.69) is 23.5 Å². The van der Waals surface area contributed by atoms with Gasteiger partial charge < -0.3 is 9.64 Å². The minimum absolute atomic E-state index is 0.227. The molecular weight excluding hydrogens is 166 g/mol. The van der Waals surface area contributed by atoms with Crippen LogP contribution >= 0.6 is 0 Å². The summed E-state index contributed by atoms with van der Waals surface area (Å²) in [5.41, 5.74) is 0.728. The Bertz CT molecular complexity index is 183. The molecule has 0 aromatic rings. The normalized spacial score (nSPS) is 11.2. The molecule has 0 aliphatic rings. The predicted molar refractivity (Wildman–Crippen MR) is 53.3 cm³/mol. The Hall–Kier alpha value is -0.990. The van der Waals surface area contributed by atoms with Crippen LogP contribution < -0.4 is 0 Å². The third-order valence-electron chi connectivity index (χ3n) is 1.98. The first-order chi connectivity index (χ1) is 6.19. The standard InChI is InChI=1S/C10H19NO2/c1-5-9(10(12)13-4)8-11(6-2)7-3/h8H,5-7H2,1-4H3/b9-8+. The molecule has 0 bridgehead atoms. The number of hydrogen-bond donors (Lipinski definition) is 0. The Kier molecular flexibility index (Phi) is 6.02. The van der Waals surface area contributed by atoms with Crippen molar-refractivity contribution in [1.29, 1.82) is 0 Å². The number of carbonyl (C=O) groups excluding carboxylic acids is 1. The van der Waals surface area contributed by atoms with Crippen molar-refractivity contribution in [1.82, 2.24) is 4.90 Å². The van der Waals surface area contributed by atoms with Crippen LogP contribution in [-0.4, -0.2) is 31.1 Å². The second-order valence-electron chi connectivity index (χ2n) is 2.72. The summed E-state index contributed by atoms with van der Waals surface area (Å²) in [7, 11) is 1.41. The molecule has 0 N–H and O–H groups in total. The largest absolute Gasteiger partial charge is 0.466 e. The van der Waals surface area contributed by atoms with Crippen LogP contribution in [0, 0.1) is 0 Å². The van der Waals surface area contributed by atoms with Gasteiger partial charge in [-0.15, -0.1) is 0 Å². The molecule has 0 aliphatic heterocycles. The maximum Gasteiger partial charge on any atom is 0.335 e. The van der Waals surface area contributed by atoms with E-state index < -0.39 is 0 Å². The van der Waals surface area contributed by atoms with Crippen LogP contribution in [0.2, 0.25) is 0 Å². The van der Waals surface area contributed by atoms with Gasteiger partial charge in [0.15, 0.2) is 0 Å². The summed E-state index contributed by atoms with van der Waals surface area (Å²) in [5, 5.41) is 0. The Morgan fingerprint density at radius 3 is 2.15 bits per heavy atom. The highest BCUT2D eigenvalue weighted by Crippen LogP contribution is 2.05. The highest BCUT2D eigenvalue weighted by Gasteiger charge is 2.07. The molecule has 3 heteroatoms. The van der Waals surface area contributed by atoms with Crippen LogP contribution in [0.15, 0.2) is 11.8 Å². The molecule has 0 rings (SSSR count). The fourth-order valence-electron chi connectivity index (χ4n) is 1.05. The van der Waals surface area contributed by atoms with E-state index in [1.54, 1.807) is 0 Å². The SMILES string of the molecule is CC/C(=C\N(CC)CC)C(=O)OC. The van der Waals surface area contributed by atoms with Crippen molar-refractivity contribution in [2.24, 2.45) is 0 Å². The Morgan fingerprint density at radius 1 is 1.31 bits per heavy atom. The van der Waals surface area contributed by atoms with Crippen LogP contribution in [0.1, 0.15) is 27.2 Å². The van der Waals surface area contributed by atoms with Gasteiger partial charge in [-0.1, -0.05) is 6.92 Å². The number of hydrogen-bond acceptors (Lipinski definition) is 3. The summed E-state index contributed by atoms with van der Waals surface area (Å²) in [5.74, 6) is -0.227. The van der Waals surface area contributed by atoms with Crippen LogP contribution in [0.3, 0.4) is 0 Å². The molecule has 0 saturated heterocycles. The third-order valence-corrected chi connectivity index (χ3v) is 1.98. The van der Waals surface area contributed by atoms with Crippen molar-refractivity contribution in [3.8, 4) is 0 Å². The molecule has 0 atom stereocenters. The summed E-state index contributed by atoms with van der Waals surface area (Å²) in [6, 6.07) is 0. The van der Waals surface area contributed by atoms with Crippen LogP contribution in [0.4, 0.5) is 0 Å². The van der Waals surface area contributed by atoms with E-state index in [0.29, 0.717) is 6.42 Å². The maximum absolute atomic E-state index is 11.2. The monoisotopic (exact) mass is 185 g/mol. The lowest BCUT2D eigenvalue weighted by atomic mass is 10.2. The van der Waals surface area contributed by atoms with Crippen molar-refractivity contribution in [3.63, 3.8) is 0 Å². The highest BCUT2D eigenvalue weighted by atomic mass is 16.5. The summed E-state index contributed by atoms with van der Waals surface area (Å²) in [4.78, 5) is 13.3. The van der Waals surface area contributed by atoms with Gasteiger partial charge in [0.2, 0.25) is 0 Å². The summed E-state index contributed by atoms with van der Waals surface area (Å²) in [6.45, 7) is 7.90. The molecule has 0 unspecified atom stereocenters. The Balaban J connectivity index is 4.43. The van der Waals surface area contributed by atoms with Gasteiger partial charge in [-0.05, 0) is 20.3 Å². The van der Waals surface area contributed by atoms with Crippen molar-refractivity contribution >= 4 is 5.97 Å². The lowest BCUT2D eigenvalue weighted by molar-refractivity contribution is -0.136. The summed E-state index contributed by atoms with van der Waals surface area (Å²) < 4.78 is 4.66. The molecule has 0 fully saturated rings. The third kappa shape index (κ3) is 3.97. The van der Waals surface area contributed by atoms with Gasteiger partial charge in [0.1, 0.15) is 0 Å². The van der Waals surface area contributed by atoms with E-state index >= 15 is 0 Å². The minimum Gasteiger partial charge on any atom is -0.466 e. The summed E-state index contributed by atoms with van der Waals surface area (Å²) in [6.07, 6.45) is 2.59. The maximum atomic E-state index is 11.2. The van der Waals surface area contributed by atoms with E-state index in [1.807, 2.05) is 13.1 Å². The molecule has 13 heavy (non-hydrogen) atoms. The first kappa shape index (κ1) is 12.0. The molecule has 0 aliphatic carbocycles. The van der Waals surface area contributed by atoms with E-state index in [-0.39, 0.29) is 5.97 Å². The lowest BCUT2D eigenvalue weighted by Gasteiger charge is -2.16. The highest BCUT2D eigenvalue weighted by molar-refractivity contribution is 5.88. The zero-order valence-electron chi connectivity index (χ0n) is 8.96. The number of nitrogens with zero attached hydrogens (tertiary/aromatic N) is 1. The van der Waals surface area contributed by atoms with Crippen LogP contribution in [-0.2, 0) is 9.53 Å². The Labute approximate surface area is 80.4 Å². The number of esters is 1. The van der Waals surface area contributed by atoms with Crippen molar-refractivity contribution in [2.75, 3.05) is 20.2 Å². The second-order valence-corrected chi connectivity index (χ2v) is 2.72. The molecule has 0 saturated carbocycles. The number of methoxy groups -OCH3 is 1. The van der Waals surface area contributed by atoms with Crippen molar-refractivity contribution in [2.45, 2.75) is 27.2 Å². The van der Waals surface area contributed by atoms with Gasteiger partial charge in [-0.2, -0.15) is 0 Å². The topological polar surface area (TPSA) is 29.5 Å². The Morgan fingerprint density at radius 2 is 1.85 bits per heavy atom. The van der Waals surface area contributed by atoms with Gasteiger partial charge in [0, 0.05) is 19.3 Å². The number of ether oxygens (including phenoxy) is 1. The fraction of sp³-hybridized carbons (Fsp3) is 0.700. The van der Waals surface area contributed by atoms with Gasteiger partial charge in [-0.3, -0.25) is 0 Å². The van der Waals surface area contributed by atoms with E-state index in [0.717, 1.165) is 18.7 Å². The zero-order valence-corrected chi connectivity index (χ0v) is 8.96. The number of carbonyl (C=O) groups is 1. The molecule has 0 heterocycles. The molecular formula is C10H19NO2. The van der Waals surface area contributed by atoms with E-state index in [9.17, 15) is 4.79 Å². The van der Waals surface area contributed by atoms with Gasteiger partial charge in [-0.25, -0.2) is 4.79 Å². The quantitative estimate of drug-likeness (QED) is 0.483. The fourth-order valence-corrected chi connectivity index (χ4v) is 1.05. The average Bonchev–Trinajstić information content (AvgIpc) is 2.19. The van der Waals surface area contributed by atoms with E-state index in [1.165, 1.54) is 7.11 Å². The van der Waals surface area contributed by atoms with Crippen molar-refractivity contribution < 1.29 is 9.53 Å². The molecule has 76 valence electrons. The van der Waals surface area contributed by atoms with Gasteiger partial charge in [0.25, 0.3) is 0 Å². The molecule has 0 aromatic heterocycles. The van der Waals surface area contributed by atoms with E-state index in [4.69, 9.17) is 0 Å². The second kappa shape index (κ2) is 6.52. The molecule has 3 nitrogen and oxygen atoms in total. The molecule has 0 amide bonds. The molecule has 0 aromatic carbocycles. The average molecular weight is 185 g/mol. The van der Waals surface area contributed by atoms with Crippen LogP contribution in [0.25, 0.3) is 0 Å². The molecule has 0 spiro atoms. The van der Waals surface area contributed by atoms with Crippen molar-refractivity contribution in [3.05, 3.63) is 11.8 Å². The van der Waals surface area contributed by atoms with Gasteiger partial charge >= 0.3 is 5.97 Å². The first-order valence-electron chi connectivity index (χ1n) is 4.72. The smallest absolute Gasteiger partial charge is 0.335 e. The first-order valence-corrected chi connectivity index (χ1v) is 4.72. The number of rotatable bonds is 5. The zero-order chi connectivity index (χ0) is 10.3.